The van der Waals surface area contributed by atoms with Crippen molar-refractivity contribution in [3.8, 4) is 0 Å². The van der Waals surface area contributed by atoms with Gasteiger partial charge in [-0.2, -0.15) is 0 Å². The molecule has 0 spiro atoms. The third-order valence-corrected chi connectivity index (χ3v) is 4.69. The van der Waals surface area contributed by atoms with Crippen molar-refractivity contribution >= 4 is 28.4 Å². The molecule has 158 valence electrons. The number of hydrogen-bond acceptors (Lipinski definition) is 5. The molecule has 0 fully saturated rings. The Hall–Kier alpha value is -1.38. The lowest BCUT2D eigenvalue weighted by Gasteiger charge is -2.30. The molecule has 0 heterocycles. The van der Waals surface area contributed by atoms with Crippen LogP contribution in [0.4, 0.5) is 0 Å². The Morgan fingerprint density at radius 1 is 1.29 bits per heavy atom. The van der Waals surface area contributed by atoms with Gasteiger partial charge >= 0.3 is 0 Å². The van der Waals surface area contributed by atoms with Crippen LogP contribution in [-0.4, -0.2) is 39.4 Å². The monoisotopic (exact) mass is 504 g/mol. The van der Waals surface area contributed by atoms with Crippen LogP contribution in [0, 0.1) is 0 Å². The zero-order valence-corrected chi connectivity index (χ0v) is 19.6. The first-order valence-electron chi connectivity index (χ1n) is 9.32. The predicted molar refractivity (Wildman–Crippen MR) is 123 cm³/mol. The number of rotatable bonds is 12. The van der Waals surface area contributed by atoms with Crippen molar-refractivity contribution < 1.29 is 24.9 Å². The SMILES string of the molecule is C\C=C/C(C(=O)/C=C/I)=C(O)\C(=C\O)C/C=C(\C)CCC(O)C(C)(C)OCC. The van der Waals surface area contributed by atoms with E-state index in [1.807, 2.05) is 56.4 Å². The van der Waals surface area contributed by atoms with Gasteiger partial charge in [0.2, 0.25) is 0 Å². The molecule has 0 saturated heterocycles. The Labute approximate surface area is 182 Å². The maximum atomic E-state index is 12.1. The minimum absolute atomic E-state index is 0.121. The molecule has 0 aromatic heterocycles. The summed E-state index contributed by atoms with van der Waals surface area (Å²) in [6, 6.07) is 0. The third-order valence-electron chi connectivity index (χ3n) is 4.33. The van der Waals surface area contributed by atoms with E-state index in [4.69, 9.17) is 4.74 Å². The van der Waals surface area contributed by atoms with Crippen molar-refractivity contribution in [2.45, 2.75) is 65.6 Å². The van der Waals surface area contributed by atoms with Gasteiger partial charge in [0.15, 0.2) is 5.78 Å². The van der Waals surface area contributed by atoms with Crippen LogP contribution < -0.4 is 0 Å². The van der Waals surface area contributed by atoms with Gasteiger partial charge in [-0.1, -0.05) is 46.4 Å². The van der Waals surface area contributed by atoms with Gasteiger partial charge in [0.1, 0.15) is 5.76 Å². The fourth-order valence-corrected chi connectivity index (χ4v) is 2.87. The van der Waals surface area contributed by atoms with Crippen LogP contribution in [0.2, 0.25) is 0 Å². The van der Waals surface area contributed by atoms with E-state index in [9.17, 15) is 20.1 Å². The van der Waals surface area contributed by atoms with Crippen molar-refractivity contribution in [3.63, 3.8) is 0 Å². The number of allylic oxidation sites excluding steroid dienone is 7. The first-order valence-corrected chi connectivity index (χ1v) is 10.6. The molecule has 1 unspecified atom stereocenters. The van der Waals surface area contributed by atoms with Crippen molar-refractivity contribution in [2.75, 3.05) is 6.61 Å². The molecular weight excluding hydrogens is 471 g/mol. The Bertz CT molecular complexity index is 654. The van der Waals surface area contributed by atoms with Gasteiger partial charge in [-0.25, -0.2) is 0 Å². The van der Waals surface area contributed by atoms with Crippen LogP contribution in [0.15, 0.2) is 57.1 Å². The summed E-state index contributed by atoms with van der Waals surface area (Å²) < 4.78 is 7.13. The summed E-state index contributed by atoms with van der Waals surface area (Å²) in [7, 11) is 0. The molecule has 0 saturated carbocycles. The summed E-state index contributed by atoms with van der Waals surface area (Å²) in [4.78, 5) is 12.1. The molecule has 1 atom stereocenters. The van der Waals surface area contributed by atoms with Gasteiger partial charge in [-0.15, -0.1) is 0 Å². The van der Waals surface area contributed by atoms with E-state index in [1.54, 1.807) is 17.1 Å². The zero-order valence-electron chi connectivity index (χ0n) is 17.4. The van der Waals surface area contributed by atoms with Gasteiger partial charge in [-0.05, 0) is 64.0 Å². The van der Waals surface area contributed by atoms with Gasteiger partial charge in [0, 0.05) is 12.2 Å². The van der Waals surface area contributed by atoms with Gasteiger partial charge in [0.25, 0.3) is 0 Å². The summed E-state index contributed by atoms with van der Waals surface area (Å²) in [6.45, 7) is 9.82. The lowest BCUT2D eigenvalue weighted by Crippen LogP contribution is -2.39. The molecule has 0 rings (SSSR count). The summed E-state index contributed by atoms with van der Waals surface area (Å²) in [6.07, 6.45) is 8.06. The Kier molecular flexibility index (Phi) is 13.1. The average Bonchev–Trinajstić information content (AvgIpc) is 2.64. The maximum Gasteiger partial charge on any atom is 0.190 e. The molecule has 28 heavy (non-hydrogen) atoms. The second-order valence-electron chi connectivity index (χ2n) is 6.92. The number of aliphatic hydroxyl groups is 3. The average molecular weight is 504 g/mol. The van der Waals surface area contributed by atoms with Gasteiger partial charge in [-0.3, -0.25) is 4.79 Å². The van der Waals surface area contributed by atoms with E-state index in [2.05, 4.69) is 0 Å². The Morgan fingerprint density at radius 2 is 1.93 bits per heavy atom. The molecule has 0 aromatic carbocycles. The molecule has 0 aliphatic heterocycles. The van der Waals surface area contributed by atoms with Crippen LogP contribution in [0.3, 0.4) is 0 Å². The predicted octanol–water partition coefficient (Wildman–Crippen LogP) is 5.63. The number of ether oxygens (including phenoxy) is 1. The topological polar surface area (TPSA) is 87.0 Å². The highest BCUT2D eigenvalue weighted by Gasteiger charge is 2.27. The first-order chi connectivity index (χ1) is 13.1. The Morgan fingerprint density at radius 3 is 2.43 bits per heavy atom. The summed E-state index contributed by atoms with van der Waals surface area (Å²) >= 11 is 1.93. The van der Waals surface area contributed by atoms with E-state index < -0.39 is 11.7 Å². The summed E-state index contributed by atoms with van der Waals surface area (Å²) in [5, 5.41) is 30.3. The molecule has 0 aliphatic rings. The van der Waals surface area contributed by atoms with Crippen LogP contribution in [0.25, 0.3) is 0 Å². The normalized spacial score (nSPS) is 16.0. The van der Waals surface area contributed by atoms with Crippen molar-refractivity contribution in [1.82, 2.24) is 0 Å². The smallest absolute Gasteiger partial charge is 0.190 e. The molecule has 0 aromatic rings. The molecule has 5 nitrogen and oxygen atoms in total. The molecule has 0 aliphatic carbocycles. The van der Waals surface area contributed by atoms with Crippen LogP contribution >= 0.6 is 22.6 Å². The van der Waals surface area contributed by atoms with Crippen molar-refractivity contribution in [3.05, 3.63) is 57.1 Å². The Balaban J connectivity index is 5.20. The van der Waals surface area contributed by atoms with E-state index in [0.29, 0.717) is 19.4 Å². The first kappa shape index (κ1) is 26.6. The standard InChI is InChI=1S/C22H33IO5/c1-6-8-18(19(25)13-14-23)21(27)17(15-24)11-9-16(3)10-12-20(26)22(4,5)28-7-2/h6,8-9,13-15,20,24,26-27H,7,10-12H2,1-5H3/b8-6-,14-13+,16-9+,17-15+,21-18-. The van der Waals surface area contributed by atoms with Gasteiger partial charge in [0.05, 0.1) is 23.5 Å². The number of aliphatic hydroxyl groups excluding tert-OH is 3. The largest absolute Gasteiger partial charge is 0.515 e. The molecule has 0 radical (unpaired) electrons. The highest BCUT2D eigenvalue weighted by Crippen LogP contribution is 2.23. The van der Waals surface area contributed by atoms with E-state index in [-0.39, 0.29) is 29.1 Å². The molecule has 6 heteroatoms. The lowest BCUT2D eigenvalue weighted by molar-refractivity contribution is -0.111. The van der Waals surface area contributed by atoms with Crippen LogP contribution in [0.1, 0.15) is 53.9 Å². The van der Waals surface area contributed by atoms with E-state index in [0.717, 1.165) is 11.8 Å². The maximum absolute atomic E-state index is 12.1. The third kappa shape index (κ3) is 9.21. The minimum atomic E-state index is -0.611. The number of halogens is 1. The van der Waals surface area contributed by atoms with Crippen LogP contribution in [0.5, 0.6) is 0 Å². The minimum Gasteiger partial charge on any atom is -0.515 e. The quantitative estimate of drug-likeness (QED) is 0.106. The highest BCUT2D eigenvalue weighted by atomic mass is 127. The number of ketones is 1. The fraction of sp³-hybridized carbons (Fsp3) is 0.500. The highest BCUT2D eigenvalue weighted by molar-refractivity contribution is 14.1. The fourth-order valence-electron chi connectivity index (χ4n) is 2.54. The summed E-state index contributed by atoms with van der Waals surface area (Å²) in [5.74, 6) is -0.590. The van der Waals surface area contributed by atoms with Crippen molar-refractivity contribution in [1.29, 1.82) is 0 Å². The number of carbonyl (C=O) groups is 1. The molecule has 0 bridgehead atoms. The molecular formula is C22H33IO5. The summed E-state index contributed by atoms with van der Waals surface area (Å²) in [5.41, 5.74) is 0.762. The molecule has 0 amide bonds. The van der Waals surface area contributed by atoms with Crippen molar-refractivity contribution in [2.24, 2.45) is 0 Å². The second-order valence-corrected chi connectivity index (χ2v) is 7.64. The molecule has 3 N–H and O–H groups in total. The van der Waals surface area contributed by atoms with E-state index >= 15 is 0 Å². The second kappa shape index (κ2) is 13.7. The van der Waals surface area contributed by atoms with Gasteiger partial charge < -0.3 is 20.1 Å². The number of carbonyl (C=O) groups excluding carboxylic acids is 1. The van der Waals surface area contributed by atoms with Crippen LogP contribution in [-0.2, 0) is 9.53 Å². The lowest BCUT2D eigenvalue weighted by atomic mass is 9.94. The van der Waals surface area contributed by atoms with E-state index in [1.165, 1.54) is 12.2 Å². The number of hydrogen-bond donors (Lipinski definition) is 3. The zero-order chi connectivity index (χ0) is 21.7.